The minimum Gasteiger partial charge on any atom is -0.496 e. The summed E-state index contributed by atoms with van der Waals surface area (Å²) in [5.41, 5.74) is 7.21. The van der Waals surface area contributed by atoms with Crippen LogP contribution in [0.25, 0.3) is 0 Å². The third kappa shape index (κ3) is 3.69. The Kier molecular flexibility index (Phi) is 5.13. The quantitative estimate of drug-likeness (QED) is 0.828. The molecule has 0 aromatic heterocycles. The highest BCUT2D eigenvalue weighted by atomic mass is 32.2. The summed E-state index contributed by atoms with van der Waals surface area (Å²) in [7, 11) is -0.173. The third-order valence-corrected chi connectivity index (χ3v) is 4.51. The van der Waals surface area contributed by atoms with Crippen LogP contribution in [-0.4, -0.2) is 39.2 Å². The molecule has 6 heteroatoms. The molecule has 0 spiro atoms. The zero-order valence-electron chi connectivity index (χ0n) is 11.0. The molecule has 0 atom stereocenters. The van der Waals surface area contributed by atoms with Gasteiger partial charge in [-0.25, -0.2) is 12.7 Å². The fraction of sp³-hybridized carbons (Fsp3) is 0.500. The minimum atomic E-state index is -3.29. The monoisotopic (exact) mass is 272 g/mol. The summed E-state index contributed by atoms with van der Waals surface area (Å²) in [4.78, 5) is 0. The second kappa shape index (κ2) is 6.17. The van der Waals surface area contributed by atoms with Crippen LogP contribution in [-0.2, 0) is 16.6 Å². The molecule has 1 aromatic carbocycles. The Labute approximate surface area is 109 Å². The number of rotatable bonds is 6. The largest absolute Gasteiger partial charge is 0.496 e. The third-order valence-electron chi connectivity index (χ3n) is 2.68. The van der Waals surface area contributed by atoms with Gasteiger partial charge in [0.25, 0.3) is 0 Å². The molecule has 0 aliphatic heterocycles. The van der Waals surface area contributed by atoms with Gasteiger partial charge in [-0.2, -0.15) is 0 Å². The Morgan fingerprint density at radius 2 is 2.06 bits per heavy atom. The van der Waals surface area contributed by atoms with Crippen molar-refractivity contribution in [2.24, 2.45) is 5.73 Å². The predicted molar refractivity (Wildman–Crippen MR) is 72.0 cm³/mol. The van der Waals surface area contributed by atoms with Crippen LogP contribution in [0.5, 0.6) is 5.75 Å². The molecule has 0 amide bonds. The average Bonchev–Trinajstić information content (AvgIpc) is 2.29. The predicted octanol–water partition coefficient (Wildman–Crippen LogP) is 0.724. The van der Waals surface area contributed by atoms with E-state index in [1.165, 1.54) is 4.31 Å². The maximum atomic E-state index is 11.8. The van der Waals surface area contributed by atoms with Crippen molar-refractivity contribution in [2.45, 2.75) is 13.5 Å². The Morgan fingerprint density at radius 1 is 1.39 bits per heavy atom. The Bertz CT molecular complexity index is 500. The minimum absolute atomic E-state index is 0.0440. The van der Waals surface area contributed by atoms with Crippen LogP contribution in [0.2, 0.25) is 0 Å². The van der Waals surface area contributed by atoms with Crippen LogP contribution in [0.1, 0.15) is 11.1 Å². The van der Waals surface area contributed by atoms with Crippen LogP contribution in [0, 0.1) is 6.92 Å². The van der Waals surface area contributed by atoms with Gasteiger partial charge in [-0.05, 0) is 13.0 Å². The number of benzene rings is 1. The van der Waals surface area contributed by atoms with Gasteiger partial charge in [-0.3, -0.25) is 0 Å². The molecule has 0 radical (unpaired) electrons. The highest BCUT2D eigenvalue weighted by molar-refractivity contribution is 7.89. The van der Waals surface area contributed by atoms with Gasteiger partial charge >= 0.3 is 0 Å². The number of aryl methyl sites for hydroxylation is 1. The van der Waals surface area contributed by atoms with E-state index in [2.05, 4.69) is 0 Å². The van der Waals surface area contributed by atoms with Gasteiger partial charge in [0.15, 0.2) is 0 Å². The number of hydrogen-bond donors (Lipinski definition) is 1. The van der Waals surface area contributed by atoms with E-state index < -0.39 is 10.0 Å². The van der Waals surface area contributed by atoms with Gasteiger partial charge in [-0.1, -0.05) is 17.7 Å². The van der Waals surface area contributed by atoms with Gasteiger partial charge in [0.1, 0.15) is 5.75 Å². The van der Waals surface area contributed by atoms with E-state index in [9.17, 15) is 8.42 Å². The van der Waals surface area contributed by atoms with E-state index in [1.54, 1.807) is 14.2 Å². The van der Waals surface area contributed by atoms with Gasteiger partial charge < -0.3 is 10.5 Å². The maximum absolute atomic E-state index is 11.8. The first-order chi connectivity index (χ1) is 8.40. The van der Waals surface area contributed by atoms with Crippen molar-refractivity contribution in [2.75, 3.05) is 26.5 Å². The molecule has 0 aliphatic rings. The smallest absolute Gasteiger partial charge is 0.215 e. The number of nitrogens with two attached hydrogens (primary N) is 1. The molecule has 102 valence electrons. The number of ether oxygens (including phenoxy) is 1. The van der Waals surface area contributed by atoms with E-state index in [0.717, 1.165) is 11.1 Å². The van der Waals surface area contributed by atoms with Crippen molar-refractivity contribution in [1.29, 1.82) is 0 Å². The summed E-state index contributed by atoms with van der Waals surface area (Å²) in [5, 5.41) is 0. The standard InChI is InChI=1S/C12H20N2O3S/c1-10-4-5-12(17-3)11(8-10)9-14(2)18(15,16)7-6-13/h4-5,8H,6-7,9,13H2,1-3H3. The highest BCUT2D eigenvalue weighted by Gasteiger charge is 2.18. The molecule has 1 aromatic rings. The molecule has 0 bridgehead atoms. The normalized spacial score (nSPS) is 11.8. The Hall–Kier alpha value is -1.11. The van der Waals surface area contributed by atoms with E-state index >= 15 is 0 Å². The lowest BCUT2D eigenvalue weighted by molar-refractivity contribution is 0.398. The fourth-order valence-electron chi connectivity index (χ4n) is 1.67. The number of sulfonamides is 1. The second-order valence-electron chi connectivity index (χ2n) is 4.18. The van der Waals surface area contributed by atoms with Crippen LogP contribution in [0.3, 0.4) is 0 Å². The molecule has 2 N–H and O–H groups in total. The molecule has 0 aliphatic carbocycles. The summed E-state index contributed by atoms with van der Waals surface area (Å²) >= 11 is 0. The van der Waals surface area contributed by atoms with E-state index in [1.807, 2.05) is 25.1 Å². The van der Waals surface area contributed by atoms with Crippen molar-refractivity contribution in [3.8, 4) is 5.75 Å². The molecule has 1 rings (SSSR count). The molecule has 0 heterocycles. The van der Waals surface area contributed by atoms with Crippen LogP contribution in [0.4, 0.5) is 0 Å². The Balaban J connectivity index is 2.94. The summed E-state index contributed by atoms with van der Waals surface area (Å²) < 4.78 is 30.2. The highest BCUT2D eigenvalue weighted by Crippen LogP contribution is 2.21. The average molecular weight is 272 g/mol. The lowest BCUT2D eigenvalue weighted by Crippen LogP contribution is -2.31. The SMILES string of the molecule is COc1ccc(C)cc1CN(C)S(=O)(=O)CCN. The summed E-state index contributed by atoms with van der Waals surface area (Å²) in [6.07, 6.45) is 0. The van der Waals surface area contributed by atoms with Crippen LogP contribution in [0.15, 0.2) is 18.2 Å². The zero-order valence-corrected chi connectivity index (χ0v) is 11.8. The molecular weight excluding hydrogens is 252 g/mol. The topological polar surface area (TPSA) is 72.6 Å². The van der Waals surface area contributed by atoms with Crippen LogP contribution >= 0.6 is 0 Å². The molecule has 0 fully saturated rings. The van der Waals surface area contributed by atoms with E-state index in [-0.39, 0.29) is 18.8 Å². The van der Waals surface area contributed by atoms with Gasteiger partial charge in [-0.15, -0.1) is 0 Å². The van der Waals surface area contributed by atoms with E-state index in [4.69, 9.17) is 10.5 Å². The summed E-state index contributed by atoms with van der Waals surface area (Å²) in [6, 6.07) is 5.69. The van der Waals surface area contributed by atoms with Crippen molar-refractivity contribution in [1.82, 2.24) is 4.31 Å². The molecule has 0 saturated carbocycles. The zero-order chi connectivity index (χ0) is 13.8. The lowest BCUT2D eigenvalue weighted by Gasteiger charge is -2.18. The molecule has 0 saturated heterocycles. The van der Waals surface area contributed by atoms with Gasteiger partial charge in [0.2, 0.25) is 10.0 Å². The first-order valence-corrected chi connectivity index (χ1v) is 7.29. The molecule has 5 nitrogen and oxygen atoms in total. The second-order valence-corrected chi connectivity index (χ2v) is 6.37. The number of methoxy groups -OCH3 is 1. The number of nitrogens with zero attached hydrogens (tertiary/aromatic N) is 1. The Morgan fingerprint density at radius 3 is 2.61 bits per heavy atom. The number of hydrogen-bond acceptors (Lipinski definition) is 4. The first kappa shape index (κ1) is 14.9. The van der Waals surface area contributed by atoms with Crippen molar-refractivity contribution < 1.29 is 13.2 Å². The van der Waals surface area contributed by atoms with Gasteiger partial charge in [0.05, 0.1) is 12.9 Å². The first-order valence-electron chi connectivity index (χ1n) is 5.68. The summed E-state index contributed by atoms with van der Waals surface area (Å²) in [5.74, 6) is 0.646. The molecule has 18 heavy (non-hydrogen) atoms. The van der Waals surface area contributed by atoms with Crippen molar-refractivity contribution in [3.63, 3.8) is 0 Å². The molecular formula is C12H20N2O3S. The lowest BCUT2D eigenvalue weighted by atomic mass is 10.1. The van der Waals surface area contributed by atoms with Gasteiger partial charge in [0, 0.05) is 25.7 Å². The molecule has 0 unspecified atom stereocenters. The summed E-state index contributed by atoms with van der Waals surface area (Å²) in [6.45, 7) is 2.36. The van der Waals surface area contributed by atoms with Crippen LogP contribution < -0.4 is 10.5 Å². The van der Waals surface area contributed by atoms with Crippen molar-refractivity contribution >= 4 is 10.0 Å². The maximum Gasteiger partial charge on any atom is 0.215 e. The van der Waals surface area contributed by atoms with E-state index in [0.29, 0.717) is 5.75 Å². The fourth-order valence-corrected chi connectivity index (χ4v) is 2.62. The van der Waals surface area contributed by atoms with Crippen molar-refractivity contribution in [3.05, 3.63) is 29.3 Å².